The zero-order chi connectivity index (χ0) is 15.8. The standard InChI is InChI=1S/C13H11F4NO3/c14-9-3-2-7(6-8(9)13(15,16)17)10(19)18-12(11(20)21)4-1-5-12/h2-3,6H,1,4-5H2,(H,18,19)(H,20,21). The molecule has 0 atom stereocenters. The monoisotopic (exact) mass is 305 g/mol. The van der Waals surface area contributed by atoms with Crippen molar-refractivity contribution in [2.24, 2.45) is 0 Å². The molecule has 8 heteroatoms. The van der Waals surface area contributed by atoms with Crippen LogP contribution in [0.4, 0.5) is 17.6 Å². The number of rotatable bonds is 3. The van der Waals surface area contributed by atoms with Crippen LogP contribution in [0.5, 0.6) is 0 Å². The van der Waals surface area contributed by atoms with Gasteiger partial charge in [0.1, 0.15) is 11.4 Å². The lowest BCUT2D eigenvalue weighted by Gasteiger charge is -2.38. The molecule has 2 N–H and O–H groups in total. The van der Waals surface area contributed by atoms with E-state index in [-0.39, 0.29) is 12.8 Å². The van der Waals surface area contributed by atoms with Crippen LogP contribution in [0, 0.1) is 5.82 Å². The van der Waals surface area contributed by atoms with Gasteiger partial charge in [-0.05, 0) is 37.5 Å². The molecule has 0 spiro atoms. The molecule has 0 unspecified atom stereocenters. The molecule has 1 aliphatic rings. The second kappa shape index (κ2) is 5.01. The molecule has 1 fully saturated rings. The van der Waals surface area contributed by atoms with Crippen molar-refractivity contribution in [3.8, 4) is 0 Å². The van der Waals surface area contributed by atoms with Crippen LogP contribution in [0.3, 0.4) is 0 Å². The second-order valence-corrected chi connectivity index (χ2v) is 4.89. The summed E-state index contributed by atoms with van der Waals surface area (Å²) in [6.45, 7) is 0. The number of benzene rings is 1. The fourth-order valence-corrected chi connectivity index (χ4v) is 2.10. The van der Waals surface area contributed by atoms with E-state index >= 15 is 0 Å². The van der Waals surface area contributed by atoms with Crippen LogP contribution in [0.1, 0.15) is 35.2 Å². The van der Waals surface area contributed by atoms with E-state index in [1.54, 1.807) is 0 Å². The molecule has 1 aliphatic carbocycles. The van der Waals surface area contributed by atoms with Gasteiger partial charge in [-0.1, -0.05) is 0 Å². The van der Waals surface area contributed by atoms with E-state index in [0.717, 1.165) is 6.07 Å². The molecule has 21 heavy (non-hydrogen) atoms. The zero-order valence-electron chi connectivity index (χ0n) is 10.6. The number of carboxylic acid groups (broad SMARTS) is 1. The van der Waals surface area contributed by atoms with Gasteiger partial charge in [-0.25, -0.2) is 9.18 Å². The first-order valence-corrected chi connectivity index (χ1v) is 6.08. The minimum absolute atomic E-state index is 0.210. The maximum atomic E-state index is 13.1. The van der Waals surface area contributed by atoms with Crippen LogP contribution >= 0.6 is 0 Å². The summed E-state index contributed by atoms with van der Waals surface area (Å²) in [5, 5.41) is 11.3. The average molecular weight is 305 g/mol. The Morgan fingerprint density at radius 3 is 2.29 bits per heavy atom. The first-order chi connectivity index (χ1) is 9.66. The van der Waals surface area contributed by atoms with E-state index in [9.17, 15) is 27.2 Å². The van der Waals surface area contributed by atoms with Gasteiger partial charge in [-0.15, -0.1) is 0 Å². The number of hydrogen-bond acceptors (Lipinski definition) is 2. The molecule has 0 radical (unpaired) electrons. The number of carbonyl (C=O) groups is 2. The number of hydrogen-bond donors (Lipinski definition) is 2. The molecule has 1 amide bonds. The molecule has 0 aliphatic heterocycles. The summed E-state index contributed by atoms with van der Waals surface area (Å²) in [5.74, 6) is -3.70. The minimum atomic E-state index is -4.93. The highest BCUT2D eigenvalue weighted by Gasteiger charge is 2.46. The zero-order valence-corrected chi connectivity index (χ0v) is 10.6. The molecule has 1 aromatic carbocycles. The molecule has 0 saturated heterocycles. The van der Waals surface area contributed by atoms with Crippen molar-refractivity contribution >= 4 is 11.9 Å². The molecular formula is C13H11F4NO3. The van der Waals surface area contributed by atoms with Crippen LogP contribution in [0.15, 0.2) is 18.2 Å². The average Bonchev–Trinajstić information content (AvgIpc) is 2.32. The predicted molar refractivity (Wildman–Crippen MR) is 63.1 cm³/mol. The molecule has 114 valence electrons. The van der Waals surface area contributed by atoms with Gasteiger partial charge in [0.25, 0.3) is 5.91 Å². The van der Waals surface area contributed by atoms with Crippen LogP contribution in [-0.4, -0.2) is 22.5 Å². The van der Waals surface area contributed by atoms with Gasteiger partial charge in [-0.2, -0.15) is 13.2 Å². The number of carboxylic acids is 1. The largest absolute Gasteiger partial charge is 0.480 e. The lowest BCUT2D eigenvalue weighted by atomic mass is 9.76. The van der Waals surface area contributed by atoms with Crippen molar-refractivity contribution < 1.29 is 32.3 Å². The third-order valence-corrected chi connectivity index (χ3v) is 3.50. The fourth-order valence-electron chi connectivity index (χ4n) is 2.10. The number of amides is 1. The molecule has 4 nitrogen and oxygen atoms in total. The highest BCUT2D eigenvalue weighted by atomic mass is 19.4. The number of halogens is 4. The molecule has 0 heterocycles. The Labute approximate surface area is 116 Å². The summed E-state index contributed by atoms with van der Waals surface area (Å²) >= 11 is 0. The molecule has 0 bridgehead atoms. The third-order valence-electron chi connectivity index (χ3n) is 3.50. The molecule has 2 rings (SSSR count). The second-order valence-electron chi connectivity index (χ2n) is 4.89. The summed E-state index contributed by atoms with van der Waals surface area (Å²) in [6.07, 6.45) is -3.91. The molecular weight excluding hydrogens is 294 g/mol. The SMILES string of the molecule is O=C(NC1(C(=O)O)CCC1)c1ccc(F)c(C(F)(F)F)c1. The summed E-state index contributed by atoms with van der Waals surface area (Å²) in [7, 11) is 0. The smallest absolute Gasteiger partial charge is 0.419 e. The molecule has 1 saturated carbocycles. The number of nitrogens with one attached hydrogen (secondary N) is 1. The Kier molecular flexibility index (Phi) is 3.65. The topological polar surface area (TPSA) is 66.4 Å². The van der Waals surface area contributed by atoms with Gasteiger partial charge in [-0.3, -0.25) is 4.79 Å². The van der Waals surface area contributed by atoms with E-state index in [1.807, 2.05) is 0 Å². The Hall–Kier alpha value is -2.12. The lowest BCUT2D eigenvalue weighted by molar-refractivity contribution is -0.148. The number of aliphatic carboxylic acids is 1. The highest BCUT2D eigenvalue weighted by molar-refractivity contribution is 5.98. The van der Waals surface area contributed by atoms with Crippen molar-refractivity contribution in [3.05, 3.63) is 35.1 Å². The van der Waals surface area contributed by atoms with Crippen molar-refractivity contribution in [1.82, 2.24) is 5.32 Å². The van der Waals surface area contributed by atoms with Gasteiger partial charge in [0.2, 0.25) is 0 Å². The first-order valence-electron chi connectivity index (χ1n) is 6.08. The third kappa shape index (κ3) is 2.84. The Morgan fingerprint density at radius 1 is 1.24 bits per heavy atom. The van der Waals surface area contributed by atoms with Crippen molar-refractivity contribution in [3.63, 3.8) is 0 Å². The normalized spacial score (nSPS) is 17.0. The quantitative estimate of drug-likeness (QED) is 0.844. The van der Waals surface area contributed by atoms with Crippen LogP contribution in [0.25, 0.3) is 0 Å². The van der Waals surface area contributed by atoms with Crippen molar-refractivity contribution in [2.45, 2.75) is 31.0 Å². The Balaban J connectivity index is 2.26. The Bertz CT molecular complexity index is 594. The number of carbonyl (C=O) groups excluding carboxylic acids is 1. The van der Waals surface area contributed by atoms with Gasteiger partial charge < -0.3 is 10.4 Å². The van der Waals surface area contributed by atoms with Gasteiger partial charge in [0, 0.05) is 5.56 Å². The van der Waals surface area contributed by atoms with E-state index in [0.29, 0.717) is 18.6 Å². The summed E-state index contributed by atoms with van der Waals surface area (Å²) in [5.41, 5.74) is -3.44. The van der Waals surface area contributed by atoms with E-state index in [2.05, 4.69) is 5.32 Å². The predicted octanol–water partition coefficient (Wildman–Crippen LogP) is 2.58. The van der Waals surface area contributed by atoms with Gasteiger partial charge in [0.05, 0.1) is 5.56 Å². The van der Waals surface area contributed by atoms with Crippen LogP contribution in [-0.2, 0) is 11.0 Å². The van der Waals surface area contributed by atoms with E-state index < -0.39 is 40.5 Å². The van der Waals surface area contributed by atoms with Crippen LogP contribution in [0.2, 0.25) is 0 Å². The lowest BCUT2D eigenvalue weighted by Crippen LogP contribution is -2.59. The highest BCUT2D eigenvalue weighted by Crippen LogP contribution is 2.34. The minimum Gasteiger partial charge on any atom is -0.480 e. The summed E-state index contributed by atoms with van der Waals surface area (Å²) in [6, 6.07) is 1.79. The molecule has 0 aromatic heterocycles. The molecule has 1 aromatic rings. The van der Waals surface area contributed by atoms with Crippen molar-refractivity contribution in [1.29, 1.82) is 0 Å². The van der Waals surface area contributed by atoms with Crippen LogP contribution < -0.4 is 5.32 Å². The van der Waals surface area contributed by atoms with E-state index in [4.69, 9.17) is 5.11 Å². The van der Waals surface area contributed by atoms with Gasteiger partial charge in [0.15, 0.2) is 0 Å². The summed E-state index contributed by atoms with van der Waals surface area (Å²) in [4.78, 5) is 23.0. The Morgan fingerprint density at radius 2 is 1.86 bits per heavy atom. The van der Waals surface area contributed by atoms with Gasteiger partial charge >= 0.3 is 12.1 Å². The first kappa shape index (κ1) is 15.3. The summed E-state index contributed by atoms with van der Waals surface area (Å²) < 4.78 is 50.8. The number of alkyl halides is 3. The maximum absolute atomic E-state index is 13.1. The maximum Gasteiger partial charge on any atom is 0.419 e. The van der Waals surface area contributed by atoms with E-state index in [1.165, 1.54) is 0 Å². The fraction of sp³-hybridized carbons (Fsp3) is 0.385. The van der Waals surface area contributed by atoms with Crippen molar-refractivity contribution in [2.75, 3.05) is 0 Å².